The molecule has 1 aliphatic heterocycles. The van der Waals surface area contributed by atoms with Crippen LogP contribution in [0.15, 0.2) is 55.1 Å². The Balaban J connectivity index is 1.52. The molecular weight excluding hydrogens is 500 g/mol. The van der Waals surface area contributed by atoms with Gasteiger partial charge in [0, 0.05) is 5.56 Å². The van der Waals surface area contributed by atoms with Crippen molar-refractivity contribution in [3.63, 3.8) is 0 Å². The highest BCUT2D eigenvalue weighted by Crippen LogP contribution is 2.44. The highest BCUT2D eigenvalue weighted by molar-refractivity contribution is 6.06. The smallest absolute Gasteiger partial charge is 0.166 e. The van der Waals surface area contributed by atoms with E-state index in [9.17, 15) is 24.9 Å². The maximum atomic E-state index is 12.7. The van der Waals surface area contributed by atoms with E-state index in [0.717, 1.165) is 27.8 Å². The number of carbonyl (C=O) groups excluding carboxylic acids is 2. The molecule has 0 unspecified atom stereocenters. The minimum Gasteiger partial charge on any atom is -0.394 e. The number of benzene rings is 2. The number of ether oxygens (including phenoxy) is 1. The van der Waals surface area contributed by atoms with Crippen LogP contribution in [-0.4, -0.2) is 71.3 Å². The summed E-state index contributed by atoms with van der Waals surface area (Å²) in [6.07, 6.45) is -0.943. The second kappa shape index (κ2) is 9.42. The Labute approximate surface area is 223 Å². The van der Waals surface area contributed by atoms with Gasteiger partial charge in [0.15, 0.2) is 11.9 Å². The number of nitrogens with zero attached hydrogens (tertiary/aromatic N) is 4. The third-order valence-electron chi connectivity index (χ3n) is 8.16. The van der Waals surface area contributed by atoms with Crippen LogP contribution in [0.3, 0.4) is 0 Å². The van der Waals surface area contributed by atoms with Crippen LogP contribution >= 0.6 is 0 Å². The molecule has 3 N–H and O–H groups in total. The number of ketones is 2. The van der Waals surface area contributed by atoms with Gasteiger partial charge in [-0.3, -0.25) is 14.2 Å². The summed E-state index contributed by atoms with van der Waals surface area (Å²) in [7, 11) is 0. The number of Topliss-reactive ketones (excluding diaryl/α,β-unsaturated/α-hetero) is 2. The predicted octanol–water partition coefficient (Wildman–Crippen LogP) is 2.03. The fraction of sp³-hybridized carbons (Fsp3) is 0.345. The lowest BCUT2D eigenvalue weighted by atomic mass is 9.77. The van der Waals surface area contributed by atoms with Crippen molar-refractivity contribution in [2.24, 2.45) is 5.41 Å². The van der Waals surface area contributed by atoms with Crippen molar-refractivity contribution in [2.75, 3.05) is 6.61 Å². The second-order valence-electron chi connectivity index (χ2n) is 10.4. The van der Waals surface area contributed by atoms with E-state index in [-0.39, 0.29) is 11.6 Å². The number of rotatable bonds is 6. The number of fused-ring (bicyclic) bond motifs is 2. The summed E-state index contributed by atoms with van der Waals surface area (Å²) in [5, 5.41) is 30.3. The van der Waals surface area contributed by atoms with Gasteiger partial charge in [-0.05, 0) is 55.0 Å². The Morgan fingerprint density at radius 3 is 2.26 bits per heavy atom. The first-order valence-electron chi connectivity index (χ1n) is 12.8. The lowest BCUT2D eigenvalue weighted by Crippen LogP contribution is -2.37. The van der Waals surface area contributed by atoms with Crippen molar-refractivity contribution in [1.29, 1.82) is 0 Å². The third kappa shape index (κ3) is 3.90. The molecule has 2 aliphatic rings. The van der Waals surface area contributed by atoms with E-state index >= 15 is 0 Å². The molecule has 200 valence electrons. The van der Waals surface area contributed by atoms with Gasteiger partial charge in [0.25, 0.3) is 0 Å². The van der Waals surface area contributed by atoms with E-state index in [1.165, 1.54) is 31.1 Å². The number of imidazole rings is 1. The van der Waals surface area contributed by atoms with E-state index in [2.05, 4.69) is 15.0 Å². The van der Waals surface area contributed by atoms with Crippen LogP contribution in [-0.2, 0) is 27.2 Å². The zero-order valence-electron chi connectivity index (χ0n) is 21.5. The molecule has 1 fully saturated rings. The second-order valence-corrected chi connectivity index (χ2v) is 10.4. The lowest BCUT2D eigenvalue weighted by Gasteiger charge is -2.21. The molecule has 3 heterocycles. The molecule has 4 aromatic rings. The molecule has 39 heavy (non-hydrogen) atoms. The summed E-state index contributed by atoms with van der Waals surface area (Å²) >= 11 is 0. The number of aliphatic hydroxyl groups excluding tert-OH is 3. The predicted molar refractivity (Wildman–Crippen MR) is 140 cm³/mol. The van der Waals surface area contributed by atoms with Crippen molar-refractivity contribution in [3.8, 4) is 22.4 Å². The summed E-state index contributed by atoms with van der Waals surface area (Å²) in [4.78, 5) is 38.9. The topological polar surface area (TPSA) is 148 Å². The van der Waals surface area contributed by atoms with Crippen molar-refractivity contribution in [3.05, 3.63) is 66.2 Å². The summed E-state index contributed by atoms with van der Waals surface area (Å²) in [6, 6.07) is 13.8. The van der Waals surface area contributed by atoms with Gasteiger partial charge in [-0.2, -0.15) is 0 Å². The number of aromatic nitrogens is 4. The summed E-state index contributed by atoms with van der Waals surface area (Å²) in [5.41, 5.74) is 4.74. The normalized spacial score (nSPS) is 23.7. The van der Waals surface area contributed by atoms with E-state index in [1.54, 1.807) is 0 Å². The monoisotopic (exact) mass is 528 g/mol. The molecule has 0 amide bonds. The van der Waals surface area contributed by atoms with Gasteiger partial charge >= 0.3 is 0 Å². The molecule has 1 aliphatic carbocycles. The Hall–Kier alpha value is -3.83. The number of aliphatic hydroxyl groups is 3. The molecule has 10 heteroatoms. The molecule has 6 rings (SSSR count). The number of hydrogen-bond acceptors (Lipinski definition) is 9. The van der Waals surface area contributed by atoms with Crippen LogP contribution in [0.2, 0.25) is 0 Å². The molecule has 2 aromatic carbocycles. The average Bonchev–Trinajstić information content (AvgIpc) is 3.62. The van der Waals surface area contributed by atoms with Gasteiger partial charge in [-0.1, -0.05) is 36.4 Å². The summed E-state index contributed by atoms with van der Waals surface area (Å²) in [6.45, 7) is 2.51. The Bertz CT molecular complexity index is 1590. The number of hydrogen-bond donors (Lipinski definition) is 3. The van der Waals surface area contributed by atoms with Crippen LogP contribution < -0.4 is 0 Å². The molecule has 10 nitrogen and oxygen atoms in total. The number of carbonyl (C=O) groups is 2. The average molecular weight is 529 g/mol. The van der Waals surface area contributed by atoms with Crippen LogP contribution in [0.4, 0.5) is 0 Å². The van der Waals surface area contributed by atoms with Gasteiger partial charge < -0.3 is 20.1 Å². The van der Waals surface area contributed by atoms with Gasteiger partial charge in [0.05, 0.1) is 18.3 Å². The molecule has 0 radical (unpaired) electrons. The van der Waals surface area contributed by atoms with E-state index in [0.29, 0.717) is 29.7 Å². The molecule has 1 saturated heterocycles. The molecule has 0 saturated carbocycles. The van der Waals surface area contributed by atoms with Gasteiger partial charge in [0.2, 0.25) is 0 Å². The van der Waals surface area contributed by atoms with Crippen LogP contribution in [0.5, 0.6) is 0 Å². The summed E-state index contributed by atoms with van der Waals surface area (Å²) in [5.74, 6) is -0.286. The van der Waals surface area contributed by atoms with Crippen LogP contribution in [0, 0.1) is 5.41 Å². The highest BCUT2D eigenvalue weighted by Gasteiger charge is 2.46. The van der Waals surface area contributed by atoms with Crippen molar-refractivity contribution < 1.29 is 29.6 Å². The molecule has 0 spiro atoms. The molecule has 4 atom stereocenters. The Morgan fingerprint density at radius 2 is 1.64 bits per heavy atom. The maximum Gasteiger partial charge on any atom is 0.166 e. The zero-order chi connectivity index (χ0) is 27.5. The van der Waals surface area contributed by atoms with E-state index in [4.69, 9.17) is 4.74 Å². The van der Waals surface area contributed by atoms with Crippen LogP contribution in [0.1, 0.15) is 31.2 Å². The van der Waals surface area contributed by atoms with Crippen molar-refractivity contribution >= 4 is 22.7 Å². The minimum atomic E-state index is -1.29. The Morgan fingerprint density at radius 1 is 0.974 bits per heavy atom. The molecule has 2 aromatic heterocycles. The quantitative estimate of drug-likeness (QED) is 0.320. The first kappa shape index (κ1) is 25.4. The van der Waals surface area contributed by atoms with Gasteiger partial charge in [0.1, 0.15) is 47.4 Å². The van der Waals surface area contributed by atoms with Gasteiger partial charge in [-0.25, -0.2) is 15.0 Å². The van der Waals surface area contributed by atoms with Crippen molar-refractivity contribution in [1.82, 2.24) is 19.5 Å². The maximum absolute atomic E-state index is 12.7. The lowest BCUT2D eigenvalue weighted by molar-refractivity contribution is -0.137. The standard InChI is InChI=1S/C29H28N4O6/c1-15(35)29(16(2)36)10-18-8-20(17-6-4-3-5-7-17)21(9-19(18)11-29)23-24-27(31-13-30-23)33(14-32-24)28-26(38)25(37)22(12-34)39-28/h3-9,13-14,22,25-26,28,34,37-38H,10-12H2,1-2H3/t22-,25-,26-,28-/m1/s1. The molecule has 0 bridgehead atoms. The van der Waals surface area contributed by atoms with Crippen molar-refractivity contribution in [2.45, 2.75) is 51.2 Å². The SMILES string of the molecule is CC(=O)C1(C(C)=O)Cc2cc(-c3ccccc3)c(-c3ncnc4c3ncn4[C@@H]3O[C@H](CO)[C@@H](O)[C@H]3O)cc2C1. The zero-order valence-corrected chi connectivity index (χ0v) is 21.5. The van der Waals surface area contributed by atoms with E-state index in [1.807, 2.05) is 42.5 Å². The highest BCUT2D eigenvalue weighted by atomic mass is 16.6. The Kier molecular flexibility index (Phi) is 6.15. The van der Waals surface area contributed by atoms with E-state index < -0.39 is 36.6 Å². The fourth-order valence-corrected chi connectivity index (χ4v) is 5.87. The fourth-order valence-electron chi connectivity index (χ4n) is 5.87. The largest absolute Gasteiger partial charge is 0.394 e. The first-order valence-corrected chi connectivity index (χ1v) is 12.8. The molecular formula is C29H28N4O6. The van der Waals surface area contributed by atoms with Gasteiger partial charge in [-0.15, -0.1) is 0 Å². The first-order chi connectivity index (χ1) is 18.7. The minimum absolute atomic E-state index is 0.143. The van der Waals surface area contributed by atoms with Crippen LogP contribution in [0.25, 0.3) is 33.5 Å². The third-order valence-corrected chi connectivity index (χ3v) is 8.16. The summed E-state index contributed by atoms with van der Waals surface area (Å²) < 4.78 is 7.23.